The van der Waals surface area contributed by atoms with E-state index < -0.39 is 0 Å². The Labute approximate surface area is 139 Å². The van der Waals surface area contributed by atoms with Crippen molar-refractivity contribution in [3.63, 3.8) is 0 Å². The highest BCUT2D eigenvalue weighted by atomic mass is 16.5. The maximum absolute atomic E-state index is 5.91. The molecule has 0 radical (unpaired) electrons. The van der Waals surface area contributed by atoms with Gasteiger partial charge in [-0.05, 0) is 50.7 Å². The number of piperazine rings is 1. The highest BCUT2D eigenvalue weighted by Gasteiger charge is 2.12. The van der Waals surface area contributed by atoms with Gasteiger partial charge >= 0.3 is 0 Å². The maximum atomic E-state index is 5.91. The fraction of sp³-hybridized carbons (Fsp3) is 0.588. The van der Waals surface area contributed by atoms with Gasteiger partial charge in [0.1, 0.15) is 5.75 Å². The minimum absolute atomic E-state index is 0.467. The topological polar surface area (TPSA) is 66.1 Å². The fourth-order valence-corrected chi connectivity index (χ4v) is 2.58. The van der Waals surface area contributed by atoms with Crippen LogP contribution >= 0.6 is 0 Å². The van der Waals surface area contributed by atoms with Gasteiger partial charge in [0.25, 0.3) is 0 Å². The van der Waals surface area contributed by atoms with E-state index in [-0.39, 0.29) is 0 Å². The third kappa shape index (κ3) is 6.46. The van der Waals surface area contributed by atoms with Crippen LogP contribution in [0.25, 0.3) is 0 Å². The Hall–Kier alpha value is -1.79. The molecule has 1 fully saturated rings. The van der Waals surface area contributed by atoms with Crippen molar-refractivity contribution in [1.29, 1.82) is 0 Å². The number of likely N-dealkylation sites (N-methyl/N-ethyl adjacent to an activating group) is 1. The van der Waals surface area contributed by atoms with Crippen LogP contribution in [0.3, 0.4) is 0 Å². The number of guanidine groups is 1. The Bertz CT molecular complexity index is 480. The Balaban J connectivity index is 1.60. The van der Waals surface area contributed by atoms with E-state index in [0.717, 1.165) is 30.9 Å². The first-order valence-electron chi connectivity index (χ1n) is 8.29. The molecule has 0 saturated carbocycles. The van der Waals surface area contributed by atoms with Gasteiger partial charge in [0.05, 0.1) is 7.11 Å². The summed E-state index contributed by atoms with van der Waals surface area (Å²) in [5, 5.41) is 3.09. The highest BCUT2D eigenvalue weighted by Crippen LogP contribution is 2.14. The third-order valence-electron chi connectivity index (χ3n) is 4.12. The van der Waals surface area contributed by atoms with E-state index in [1.165, 1.54) is 32.6 Å². The molecule has 0 amide bonds. The Morgan fingerprint density at radius 1 is 1.17 bits per heavy atom. The number of nitrogens with two attached hydrogens (primary N) is 1. The van der Waals surface area contributed by atoms with E-state index in [0.29, 0.717) is 5.96 Å². The Kier molecular flexibility index (Phi) is 7.16. The van der Waals surface area contributed by atoms with E-state index in [9.17, 15) is 0 Å². The molecular formula is C17H29N5O. The largest absolute Gasteiger partial charge is 0.497 e. The molecule has 2 rings (SSSR count). The number of nitrogens with one attached hydrogen (secondary N) is 1. The second-order valence-corrected chi connectivity index (χ2v) is 5.97. The van der Waals surface area contributed by atoms with Crippen LogP contribution in [0.5, 0.6) is 5.75 Å². The molecule has 3 N–H and O–H groups in total. The van der Waals surface area contributed by atoms with Gasteiger partial charge in [-0.15, -0.1) is 0 Å². The van der Waals surface area contributed by atoms with Crippen molar-refractivity contribution < 1.29 is 4.74 Å². The number of rotatable bonds is 7. The van der Waals surface area contributed by atoms with Gasteiger partial charge in [0.15, 0.2) is 5.96 Å². The number of methoxy groups -OCH3 is 1. The fourth-order valence-electron chi connectivity index (χ4n) is 2.58. The first-order valence-corrected chi connectivity index (χ1v) is 8.29. The molecule has 0 aliphatic carbocycles. The molecule has 0 unspecified atom stereocenters. The molecule has 0 spiro atoms. The molecule has 0 aromatic heterocycles. The van der Waals surface area contributed by atoms with Crippen LogP contribution < -0.4 is 15.8 Å². The van der Waals surface area contributed by atoms with E-state index in [2.05, 4.69) is 27.2 Å². The van der Waals surface area contributed by atoms with Crippen molar-refractivity contribution >= 4 is 11.6 Å². The highest BCUT2D eigenvalue weighted by molar-refractivity contribution is 5.92. The summed E-state index contributed by atoms with van der Waals surface area (Å²) in [5.41, 5.74) is 6.83. The first-order chi connectivity index (χ1) is 11.2. The van der Waals surface area contributed by atoms with E-state index >= 15 is 0 Å². The number of benzene rings is 1. The lowest BCUT2D eigenvalue weighted by atomic mass is 10.2. The number of ether oxygens (including phenoxy) is 1. The van der Waals surface area contributed by atoms with Crippen LogP contribution in [-0.4, -0.2) is 69.2 Å². The summed E-state index contributed by atoms with van der Waals surface area (Å²) in [7, 11) is 3.84. The molecule has 1 saturated heterocycles. The summed E-state index contributed by atoms with van der Waals surface area (Å²) in [6, 6.07) is 7.64. The first kappa shape index (κ1) is 17.6. The van der Waals surface area contributed by atoms with Gasteiger partial charge in [0, 0.05) is 38.4 Å². The van der Waals surface area contributed by atoms with Crippen molar-refractivity contribution in [3.8, 4) is 5.75 Å². The summed E-state index contributed by atoms with van der Waals surface area (Å²) in [4.78, 5) is 9.29. The predicted molar refractivity (Wildman–Crippen MR) is 96.3 cm³/mol. The number of hydrogen-bond donors (Lipinski definition) is 2. The lowest BCUT2D eigenvalue weighted by Gasteiger charge is -2.32. The zero-order valence-corrected chi connectivity index (χ0v) is 14.3. The molecule has 128 valence electrons. The molecule has 1 aromatic rings. The Morgan fingerprint density at radius 2 is 1.87 bits per heavy atom. The average Bonchev–Trinajstić information content (AvgIpc) is 2.57. The lowest BCUT2D eigenvalue weighted by Crippen LogP contribution is -2.44. The van der Waals surface area contributed by atoms with Crippen molar-refractivity contribution in [2.24, 2.45) is 10.7 Å². The van der Waals surface area contributed by atoms with Crippen LogP contribution in [0.15, 0.2) is 29.3 Å². The summed E-state index contributed by atoms with van der Waals surface area (Å²) < 4.78 is 5.13. The van der Waals surface area contributed by atoms with Gasteiger partial charge < -0.3 is 25.6 Å². The molecule has 1 aliphatic heterocycles. The monoisotopic (exact) mass is 319 g/mol. The minimum Gasteiger partial charge on any atom is -0.497 e. The van der Waals surface area contributed by atoms with Crippen molar-refractivity contribution in [1.82, 2.24) is 9.80 Å². The molecule has 1 aromatic carbocycles. The SMILES string of the molecule is COc1ccc(NC(N)=NCCCCN2CCN(C)CC2)cc1. The number of anilines is 1. The van der Waals surface area contributed by atoms with Crippen molar-refractivity contribution in [3.05, 3.63) is 24.3 Å². The number of hydrogen-bond acceptors (Lipinski definition) is 4. The number of aliphatic imine (C=N–C) groups is 1. The molecule has 1 aliphatic rings. The van der Waals surface area contributed by atoms with E-state index in [1.807, 2.05) is 24.3 Å². The summed E-state index contributed by atoms with van der Waals surface area (Å²) in [6.07, 6.45) is 2.24. The zero-order valence-electron chi connectivity index (χ0n) is 14.3. The van der Waals surface area contributed by atoms with Gasteiger partial charge in [-0.2, -0.15) is 0 Å². The third-order valence-corrected chi connectivity index (χ3v) is 4.12. The quantitative estimate of drug-likeness (QED) is 0.452. The van der Waals surface area contributed by atoms with Gasteiger partial charge in [0.2, 0.25) is 0 Å². The molecule has 6 heteroatoms. The standard InChI is InChI=1S/C17H29N5O/c1-21-11-13-22(14-12-21)10-4-3-9-19-17(18)20-15-5-7-16(23-2)8-6-15/h5-8H,3-4,9-14H2,1-2H3,(H3,18,19,20). The van der Waals surface area contributed by atoms with Gasteiger partial charge in [-0.3, -0.25) is 4.99 Å². The second-order valence-electron chi connectivity index (χ2n) is 5.97. The molecule has 0 bridgehead atoms. The maximum Gasteiger partial charge on any atom is 0.193 e. The average molecular weight is 319 g/mol. The van der Waals surface area contributed by atoms with E-state index in [1.54, 1.807) is 7.11 Å². The smallest absolute Gasteiger partial charge is 0.193 e. The summed E-state index contributed by atoms with van der Waals surface area (Å²) in [6.45, 7) is 6.65. The summed E-state index contributed by atoms with van der Waals surface area (Å²) >= 11 is 0. The van der Waals surface area contributed by atoms with Crippen LogP contribution in [-0.2, 0) is 0 Å². The van der Waals surface area contributed by atoms with Crippen LogP contribution in [0.4, 0.5) is 5.69 Å². The molecule has 23 heavy (non-hydrogen) atoms. The number of nitrogens with zero attached hydrogens (tertiary/aromatic N) is 3. The summed E-state index contributed by atoms with van der Waals surface area (Å²) in [5.74, 6) is 1.30. The van der Waals surface area contributed by atoms with Gasteiger partial charge in [-0.1, -0.05) is 0 Å². The lowest BCUT2D eigenvalue weighted by molar-refractivity contribution is 0.152. The Morgan fingerprint density at radius 3 is 2.52 bits per heavy atom. The molecule has 1 heterocycles. The van der Waals surface area contributed by atoms with Crippen LogP contribution in [0, 0.1) is 0 Å². The predicted octanol–water partition coefficient (Wildman–Crippen LogP) is 1.45. The molecular weight excluding hydrogens is 290 g/mol. The normalized spacial score (nSPS) is 17.2. The number of unbranched alkanes of at least 4 members (excludes halogenated alkanes) is 1. The minimum atomic E-state index is 0.467. The van der Waals surface area contributed by atoms with Gasteiger partial charge in [-0.25, -0.2) is 0 Å². The zero-order chi connectivity index (χ0) is 16.5. The second kappa shape index (κ2) is 9.37. The van der Waals surface area contributed by atoms with Crippen LogP contribution in [0.2, 0.25) is 0 Å². The van der Waals surface area contributed by atoms with Crippen molar-refractivity contribution in [2.45, 2.75) is 12.8 Å². The van der Waals surface area contributed by atoms with Crippen molar-refractivity contribution in [2.75, 3.05) is 58.7 Å². The molecule has 6 nitrogen and oxygen atoms in total. The van der Waals surface area contributed by atoms with E-state index in [4.69, 9.17) is 10.5 Å². The van der Waals surface area contributed by atoms with Crippen LogP contribution in [0.1, 0.15) is 12.8 Å². The molecule has 0 atom stereocenters.